The molecular formula is C22H18N4O4S. The summed E-state index contributed by atoms with van der Waals surface area (Å²) < 4.78 is 16.2. The average molecular weight is 434 g/mol. The third-order valence-corrected chi connectivity index (χ3v) is 4.63. The van der Waals surface area contributed by atoms with Crippen LogP contribution in [-0.4, -0.2) is 35.2 Å². The number of ether oxygens (including phenoxy) is 2. The highest BCUT2D eigenvalue weighted by Gasteiger charge is 2.13. The summed E-state index contributed by atoms with van der Waals surface area (Å²) in [5.74, 6) is 1.09. The molecule has 0 saturated carbocycles. The molecule has 0 fully saturated rings. The Bertz CT molecular complexity index is 1260. The lowest BCUT2D eigenvalue weighted by Crippen LogP contribution is -2.34. The van der Waals surface area contributed by atoms with Crippen LogP contribution in [0.4, 0.5) is 5.69 Å². The fourth-order valence-corrected chi connectivity index (χ4v) is 3.14. The molecule has 0 aliphatic rings. The highest BCUT2D eigenvalue weighted by Crippen LogP contribution is 2.28. The second kappa shape index (κ2) is 8.80. The van der Waals surface area contributed by atoms with E-state index in [4.69, 9.17) is 26.1 Å². The number of hydrogen-bond acceptors (Lipinski definition) is 7. The number of pyridine rings is 1. The van der Waals surface area contributed by atoms with Gasteiger partial charge in [-0.25, -0.2) is 4.98 Å². The van der Waals surface area contributed by atoms with Gasteiger partial charge in [0.1, 0.15) is 5.52 Å². The molecule has 2 aromatic carbocycles. The zero-order chi connectivity index (χ0) is 21.8. The normalized spacial score (nSPS) is 10.5. The molecule has 2 heterocycles. The molecular weight excluding hydrogens is 416 g/mol. The van der Waals surface area contributed by atoms with E-state index in [1.165, 1.54) is 14.2 Å². The van der Waals surface area contributed by atoms with Crippen molar-refractivity contribution in [2.24, 2.45) is 0 Å². The molecule has 4 aromatic rings. The first-order valence-corrected chi connectivity index (χ1v) is 9.63. The van der Waals surface area contributed by atoms with E-state index in [1.807, 2.05) is 12.1 Å². The van der Waals surface area contributed by atoms with Crippen LogP contribution in [0.3, 0.4) is 0 Å². The van der Waals surface area contributed by atoms with Gasteiger partial charge in [-0.2, -0.15) is 0 Å². The van der Waals surface area contributed by atoms with Crippen LogP contribution in [-0.2, 0) is 0 Å². The van der Waals surface area contributed by atoms with Crippen molar-refractivity contribution in [1.29, 1.82) is 0 Å². The number of carbonyl (C=O) groups excluding carboxylic acids is 1. The van der Waals surface area contributed by atoms with Crippen molar-refractivity contribution < 1.29 is 18.7 Å². The van der Waals surface area contributed by atoms with Crippen molar-refractivity contribution >= 4 is 40.0 Å². The number of methoxy groups -OCH3 is 2. The Hall–Kier alpha value is -3.98. The highest BCUT2D eigenvalue weighted by molar-refractivity contribution is 7.80. The van der Waals surface area contributed by atoms with Crippen molar-refractivity contribution in [3.05, 3.63) is 66.5 Å². The molecule has 2 aromatic heterocycles. The monoisotopic (exact) mass is 434 g/mol. The second-order valence-electron chi connectivity index (χ2n) is 6.42. The molecule has 9 heteroatoms. The number of thiocarbonyl (C=S) groups is 1. The first kappa shape index (κ1) is 20.3. The van der Waals surface area contributed by atoms with Gasteiger partial charge in [-0.3, -0.25) is 15.1 Å². The van der Waals surface area contributed by atoms with Crippen molar-refractivity contribution in [2.75, 3.05) is 19.5 Å². The molecule has 0 atom stereocenters. The fourth-order valence-electron chi connectivity index (χ4n) is 2.93. The Morgan fingerprint density at radius 1 is 1.06 bits per heavy atom. The maximum absolute atomic E-state index is 12.5. The van der Waals surface area contributed by atoms with Crippen LogP contribution in [0.25, 0.3) is 22.6 Å². The number of nitrogens with one attached hydrogen (secondary N) is 2. The summed E-state index contributed by atoms with van der Waals surface area (Å²) in [5, 5.41) is 5.78. The molecule has 8 nitrogen and oxygen atoms in total. The van der Waals surface area contributed by atoms with Gasteiger partial charge in [0.2, 0.25) is 5.89 Å². The molecule has 4 rings (SSSR count). The average Bonchev–Trinajstić information content (AvgIpc) is 3.22. The number of amides is 1. The van der Waals surface area contributed by atoms with Crippen molar-refractivity contribution in [3.63, 3.8) is 0 Å². The summed E-state index contributed by atoms with van der Waals surface area (Å²) >= 11 is 5.28. The maximum atomic E-state index is 12.5. The van der Waals surface area contributed by atoms with Gasteiger partial charge in [-0.05, 0) is 60.7 Å². The zero-order valence-electron chi connectivity index (χ0n) is 16.7. The summed E-state index contributed by atoms with van der Waals surface area (Å²) in [6, 6.07) is 13.9. The smallest absolute Gasteiger partial charge is 0.257 e. The van der Waals surface area contributed by atoms with E-state index in [-0.39, 0.29) is 11.0 Å². The molecule has 0 radical (unpaired) electrons. The van der Waals surface area contributed by atoms with Crippen molar-refractivity contribution in [3.8, 4) is 23.0 Å². The zero-order valence-corrected chi connectivity index (χ0v) is 17.5. The molecule has 1 amide bonds. The lowest BCUT2D eigenvalue weighted by atomic mass is 10.2. The topological polar surface area (TPSA) is 98.5 Å². The van der Waals surface area contributed by atoms with Gasteiger partial charge in [0.25, 0.3) is 5.91 Å². The standard InChI is InChI=1S/C22H18N4O4S/c1-28-18-7-5-13(10-19(18)29-2)20(27)26-22(31)24-15-6-8-17-16(11-15)25-21(30-17)14-4-3-9-23-12-14/h3-12H,1-2H3,(H2,24,26,27,31). The Balaban J connectivity index is 1.46. The SMILES string of the molecule is COc1ccc(C(=O)NC(=S)Nc2ccc3oc(-c4cccnc4)nc3c2)cc1OC. The van der Waals surface area contributed by atoms with E-state index >= 15 is 0 Å². The Morgan fingerprint density at radius 2 is 1.90 bits per heavy atom. The predicted octanol–water partition coefficient (Wildman–Crippen LogP) is 4.03. The van der Waals surface area contributed by atoms with Gasteiger partial charge in [0.15, 0.2) is 22.2 Å². The van der Waals surface area contributed by atoms with Crippen LogP contribution >= 0.6 is 12.2 Å². The van der Waals surface area contributed by atoms with Crippen LogP contribution in [0.15, 0.2) is 65.3 Å². The molecule has 156 valence electrons. The molecule has 0 bridgehead atoms. The quantitative estimate of drug-likeness (QED) is 0.454. The number of oxazole rings is 1. The number of rotatable bonds is 5. The second-order valence-corrected chi connectivity index (χ2v) is 6.83. The van der Waals surface area contributed by atoms with E-state index < -0.39 is 0 Å². The fraction of sp³-hybridized carbons (Fsp3) is 0.0909. The Morgan fingerprint density at radius 3 is 2.65 bits per heavy atom. The van der Waals surface area contributed by atoms with Gasteiger partial charge in [0, 0.05) is 23.6 Å². The van der Waals surface area contributed by atoms with Crippen LogP contribution in [0.5, 0.6) is 11.5 Å². The molecule has 0 saturated heterocycles. The third kappa shape index (κ3) is 4.46. The first-order valence-electron chi connectivity index (χ1n) is 9.22. The Kier molecular flexibility index (Phi) is 5.76. The number of nitrogens with zero attached hydrogens (tertiary/aromatic N) is 2. The van der Waals surface area contributed by atoms with Gasteiger partial charge < -0.3 is 19.2 Å². The van der Waals surface area contributed by atoms with Crippen LogP contribution < -0.4 is 20.1 Å². The summed E-state index contributed by atoms with van der Waals surface area (Å²) in [4.78, 5) is 21.1. The number of aromatic nitrogens is 2. The minimum absolute atomic E-state index is 0.148. The molecule has 0 aliphatic heterocycles. The summed E-state index contributed by atoms with van der Waals surface area (Å²) in [6.45, 7) is 0. The van der Waals surface area contributed by atoms with E-state index in [2.05, 4.69) is 20.6 Å². The van der Waals surface area contributed by atoms with Crippen molar-refractivity contribution in [1.82, 2.24) is 15.3 Å². The third-order valence-electron chi connectivity index (χ3n) is 4.43. The maximum Gasteiger partial charge on any atom is 0.257 e. The first-order chi connectivity index (χ1) is 15.1. The molecule has 0 aliphatic carbocycles. The molecule has 31 heavy (non-hydrogen) atoms. The minimum Gasteiger partial charge on any atom is -0.493 e. The molecule has 2 N–H and O–H groups in total. The van der Waals surface area contributed by atoms with Crippen LogP contribution in [0.2, 0.25) is 0 Å². The summed E-state index contributed by atoms with van der Waals surface area (Å²) in [6.07, 6.45) is 3.37. The van der Waals surface area contributed by atoms with E-state index in [0.29, 0.717) is 39.7 Å². The number of carbonyl (C=O) groups is 1. The number of benzene rings is 2. The number of fused-ring (bicyclic) bond motifs is 1. The predicted molar refractivity (Wildman–Crippen MR) is 120 cm³/mol. The lowest BCUT2D eigenvalue weighted by Gasteiger charge is -2.11. The van der Waals surface area contributed by atoms with Gasteiger partial charge >= 0.3 is 0 Å². The number of hydrogen-bond donors (Lipinski definition) is 2. The highest BCUT2D eigenvalue weighted by atomic mass is 32.1. The van der Waals surface area contributed by atoms with Crippen LogP contribution in [0.1, 0.15) is 10.4 Å². The number of anilines is 1. The summed E-state index contributed by atoms with van der Waals surface area (Å²) in [5.41, 5.74) is 3.11. The van der Waals surface area contributed by atoms with Crippen LogP contribution in [0, 0.1) is 0 Å². The molecule has 0 spiro atoms. The van der Waals surface area contributed by atoms with E-state index in [0.717, 1.165) is 5.56 Å². The van der Waals surface area contributed by atoms with Gasteiger partial charge in [-0.15, -0.1) is 0 Å². The van der Waals surface area contributed by atoms with E-state index in [1.54, 1.807) is 48.8 Å². The lowest BCUT2D eigenvalue weighted by molar-refractivity contribution is 0.0977. The summed E-state index contributed by atoms with van der Waals surface area (Å²) in [7, 11) is 3.04. The van der Waals surface area contributed by atoms with Crippen molar-refractivity contribution in [2.45, 2.75) is 0 Å². The minimum atomic E-state index is -0.375. The largest absolute Gasteiger partial charge is 0.493 e. The van der Waals surface area contributed by atoms with Gasteiger partial charge in [0.05, 0.1) is 19.8 Å². The van der Waals surface area contributed by atoms with Gasteiger partial charge in [-0.1, -0.05) is 0 Å². The van der Waals surface area contributed by atoms with E-state index in [9.17, 15) is 4.79 Å². The molecule has 0 unspecified atom stereocenters. The Labute approximate surface area is 183 Å².